The molecule has 126 valence electrons. The quantitative estimate of drug-likeness (QED) is 0.510. The van der Waals surface area contributed by atoms with Gasteiger partial charge in [-0.2, -0.15) is 0 Å². The SMILES string of the molecule is Cl.Cl.Cl.O=C(Nc1ccc2ncsc2c1)c1ccc2nc[nH]c2c1. The van der Waals surface area contributed by atoms with Crippen LogP contribution in [0.3, 0.4) is 0 Å². The maximum Gasteiger partial charge on any atom is 0.255 e. The third-order valence-corrected chi connectivity index (χ3v) is 4.06. The second-order valence-corrected chi connectivity index (χ2v) is 5.51. The second-order valence-electron chi connectivity index (χ2n) is 4.62. The van der Waals surface area contributed by atoms with E-state index >= 15 is 0 Å². The van der Waals surface area contributed by atoms with Gasteiger partial charge in [0.25, 0.3) is 5.91 Å². The highest BCUT2D eigenvalue weighted by Crippen LogP contribution is 2.22. The van der Waals surface area contributed by atoms with E-state index in [0.29, 0.717) is 5.56 Å². The summed E-state index contributed by atoms with van der Waals surface area (Å²) >= 11 is 1.55. The molecule has 0 saturated heterocycles. The highest BCUT2D eigenvalue weighted by atomic mass is 35.5. The molecule has 0 atom stereocenters. The van der Waals surface area contributed by atoms with Crippen LogP contribution in [-0.2, 0) is 0 Å². The van der Waals surface area contributed by atoms with Crippen molar-refractivity contribution in [1.82, 2.24) is 15.0 Å². The number of carbonyl (C=O) groups excluding carboxylic acids is 1. The zero-order valence-corrected chi connectivity index (χ0v) is 15.3. The first-order chi connectivity index (χ1) is 10.3. The minimum Gasteiger partial charge on any atom is -0.345 e. The van der Waals surface area contributed by atoms with E-state index in [1.54, 1.807) is 35.3 Å². The number of aromatic nitrogens is 3. The Morgan fingerprint density at radius 1 is 1.00 bits per heavy atom. The van der Waals surface area contributed by atoms with Crippen molar-refractivity contribution in [3.8, 4) is 0 Å². The molecule has 0 bridgehead atoms. The van der Waals surface area contributed by atoms with E-state index in [0.717, 1.165) is 26.9 Å². The third kappa shape index (κ3) is 3.79. The lowest BCUT2D eigenvalue weighted by Crippen LogP contribution is -2.11. The van der Waals surface area contributed by atoms with Crippen molar-refractivity contribution in [2.24, 2.45) is 0 Å². The summed E-state index contributed by atoms with van der Waals surface area (Å²) in [5.41, 5.74) is 5.79. The van der Waals surface area contributed by atoms with E-state index in [9.17, 15) is 4.79 Å². The lowest BCUT2D eigenvalue weighted by atomic mass is 10.2. The zero-order chi connectivity index (χ0) is 14.2. The molecule has 0 spiro atoms. The molecular weight excluding hydrogens is 391 g/mol. The van der Waals surface area contributed by atoms with Crippen LogP contribution in [0.2, 0.25) is 0 Å². The molecular formula is C15H13Cl3N4OS. The van der Waals surface area contributed by atoms with Crippen molar-refractivity contribution in [3.63, 3.8) is 0 Å². The summed E-state index contributed by atoms with van der Waals surface area (Å²) in [5.74, 6) is -0.143. The molecule has 2 N–H and O–H groups in total. The van der Waals surface area contributed by atoms with Gasteiger partial charge in [-0.15, -0.1) is 48.6 Å². The number of rotatable bonds is 2. The smallest absolute Gasteiger partial charge is 0.255 e. The van der Waals surface area contributed by atoms with Gasteiger partial charge in [0.1, 0.15) is 0 Å². The average molecular weight is 404 g/mol. The van der Waals surface area contributed by atoms with Gasteiger partial charge in [-0.3, -0.25) is 4.79 Å². The van der Waals surface area contributed by atoms with Gasteiger partial charge >= 0.3 is 0 Å². The summed E-state index contributed by atoms with van der Waals surface area (Å²) in [6.07, 6.45) is 1.62. The minimum absolute atomic E-state index is 0. The fraction of sp³-hybridized carbons (Fsp3) is 0. The van der Waals surface area contributed by atoms with Crippen molar-refractivity contribution in [2.45, 2.75) is 0 Å². The van der Waals surface area contributed by atoms with Crippen LogP contribution in [0.25, 0.3) is 21.3 Å². The summed E-state index contributed by atoms with van der Waals surface area (Å²) in [6.45, 7) is 0. The molecule has 9 heteroatoms. The van der Waals surface area contributed by atoms with Gasteiger partial charge in [0.15, 0.2) is 0 Å². The van der Waals surface area contributed by atoms with Crippen LogP contribution in [0.4, 0.5) is 5.69 Å². The fourth-order valence-corrected chi connectivity index (χ4v) is 2.93. The molecule has 0 unspecified atom stereocenters. The van der Waals surface area contributed by atoms with Gasteiger partial charge in [0.05, 0.1) is 33.1 Å². The van der Waals surface area contributed by atoms with E-state index in [1.165, 1.54) is 0 Å². The molecule has 0 aliphatic heterocycles. The zero-order valence-electron chi connectivity index (χ0n) is 12.1. The Hall–Kier alpha value is -1.86. The largest absolute Gasteiger partial charge is 0.345 e. The lowest BCUT2D eigenvalue weighted by molar-refractivity contribution is 0.102. The van der Waals surface area contributed by atoms with Crippen LogP contribution in [0.15, 0.2) is 48.2 Å². The number of carbonyl (C=O) groups is 1. The van der Waals surface area contributed by atoms with E-state index in [-0.39, 0.29) is 43.1 Å². The van der Waals surface area contributed by atoms with E-state index in [4.69, 9.17) is 0 Å². The maximum atomic E-state index is 12.3. The first kappa shape index (κ1) is 20.2. The first-order valence-electron chi connectivity index (χ1n) is 6.37. The number of amides is 1. The molecule has 0 aliphatic rings. The molecule has 0 saturated carbocycles. The monoisotopic (exact) mass is 402 g/mol. The van der Waals surface area contributed by atoms with Gasteiger partial charge in [0.2, 0.25) is 0 Å². The molecule has 2 aromatic heterocycles. The van der Waals surface area contributed by atoms with Gasteiger partial charge in [-0.25, -0.2) is 9.97 Å². The van der Waals surface area contributed by atoms with E-state index in [1.807, 2.05) is 24.3 Å². The summed E-state index contributed by atoms with van der Waals surface area (Å²) in [7, 11) is 0. The average Bonchev–Trinajstić information content (AvgIpc) is 3.14. The summed E-state index contributed by atoms with van der Waals surface area (Å²) in [5, 5.41) is 2.90. The molecule has 2 heterocycles. The molecule has 24 heavy (non-hydrogen) atoms. The predicted molar refractivity (Wildman–Crippen MR) is 105 cm³/mol. The fourth-order valence-electron chi connectivity index (χ4n) is 2.21. The highest BCUT2D eigenvalue weighted by Gasteiger charge is 2.08. The van der Waals surface area contributed by atoms with Gasteiger partial charge in [0, 0.05) is 11.3 Å². The number of thiazole rings is 1. The number of halogens is 3. The Morgan fingerprint density at radius 2 is 1.79 bits per heavy atom. The van der Waals surface area contributed by atoms with Gasteiger partial charge < -0.3 is 10.3 Å². The van der Waals surface area contributed by atoms with Crippen molar-refractivity contribution in [1.29, 1.82) is 0 Å². The van der Waals surface area contributed by atoms with Crippen LogP contribution in [-0.4, -0.2) is 20.9 Å². The predicted octanol–water partition coefficient (Wildman–Crippen LogP) is 4.69. The highest BCUT2D eigenvalue weighted by molar-refractivity contribution is 7.16. The summed E-state index contributed by atoms with van der Waals surface area (Å²) < 4.78 is 1.05. The molecule has 0 aliphatic carbocycles. The number of H-pyrrole nitrogens is 1. The molecule has 1 amide bonds. The number of aromatic amines is 1. The topological polar surface area (TPSA) is 70.7 Å². The molecule has 2 aromatic carbocycles. The van der Waals surface area contributed by atoms with E-state index in [2.05, 4.69) is 20.3 Å². The minimum atomic E-state index is -0.143. The van der Waals surface area contributed by atoms with Crippen molar-refractivity contribution in [2.75, 3.05) is 5.32 Å². The Bertz CT molecular complexity index is 969. The van der Waals surface area contributed by atoms with Crippen LogP contribution in [0, 0.1) is 0 Å². The standard InChI is InChI=1S/C15H10N4OS.3ClH/c20-15(9-1-3-11-13(5-9)17-7-16-11)19-10-2-4-12-14(6-10)21-8-18-12;;;/h1-8H,(H,16,17)(H,19,20);3*1H. The van der Waals surface area contributed by atoms with Crippen LogP contribution < -0.4 is 5.32 Å². The van der Waals surface area contributed by atoms with Gasteiger partial charge in [-0.1, -0.05) is 0 Å². The molecule has 4 rings (SSSR count). The summed E-state index contributed by atoms with van der Waals surface area (Å²) in [4.78, 5) is 23.7. The normalized spacial score (nSPS) is 9.67. The Kier molecular flexibility index (Phi) is 6.98. The van der Waals surface area contributed by atoms with Crippen LogP contribution in [0.1, 0.15) is 10.4 Å². The lowest BCUT2D eigenvalue weighted by Gasteiger charge is -2.05. The molecule has 0 fully saturated rings. The third-order valence-electron chi connectivity index (χ3n) is 3.27. The number of benzene rings is 2. The first-order valence-corrected chi connectivity index (χ1v) is 7.25. The second kappa shape index (κ2) is 8.30. The summed E-state index contributed by atoms with van der Waals surface area (Å²) in [6, 6.07) is 11.1. The Labute approximate surface area is 160 Å². The van der Waals surface area contributed by atoms with Crippen molar-refractivity contribution >= 4 is 81.4 Å². The van der Waals surface area contributed by atoms with Crippen molar-refractivity contribution < 1.29 is 4.79 Å². The Balaban J connectivity index is 0.000000960. The van der Waals surface area contributed by atoms with E-state index < -0.39 is 0 Å². The van der Waals surface area contributed by atoms with Crippen molar-refractivity contribution in [3.05, 3.63) is 53.8 Å². The Morgan fingerprint density at radius 3 is 2.62 bits per heavy atom. The molecule has 0 radical (unpaired) electrons. The van der Waals surface area contributed by atoms with Gasteiger partial charge in [-0.05, 0) is 36.4 Å². The number of anilines is 1. The number of nitrogens with zero attached hydrogens (tertiary/aromatic N) is 2. The number of fused-ring (bicyclic) bond motifs is 2. The molecule has 5 nitrogen and oxygen atoms in total. The number of imidazole rings is 1. The number of hydrogen-bond acceptors (Lipinski definition) is 4. The van der Waals surface area contributed by atoms with Crippen LogP contribution >= 0.6 is 48.6 Å². The number of hydrogen-bond donors (Lipinski definition) is 2. The van der Waals surface area contributed by atoms with Crippen LogP contribution in [0.5, 0.6) is 0 Å². The maximum absolute atomic E-state index is 12.3. The molecule has 4 aromatic rings. The number of nitrogens with one attached hydrogen (secondary N) is 2.